The number of carbonyl (C=O) groups excluding carboxylic acids is 1. The highest BCUT2D eigenvalue weighted by Gasteiger charge is 2.15. The van der Waals surface area contributed by atoms with Crippen LogP contribution in [0.15, 0.2) is 18.2 Å². The van der Waals surface area contributed by atoms with Gasteiger partial charge < -0.3 is 14.2 Å². The van der Waals surface area contributed by atoms with Crippen LogP contribution < -0.4 is 4.74 Å². The summed E-state index contributed by atoms with van der Waals surface area (Å²) < 4.78 is 14.7. The third kappa shape index (κ3) is 4.33. The maximum absolute atomic E-state index is 11.7. The normalized spacial score (nSPS) is 10.2. The molecular formula is C12H16O6. The van der Waals surface area contributed by atoms with Crippen molar-refractivity contribution in [1.29, 1.82) is 0 Å². The zero-order valence-corrected chi connectivity index (χ0v) is 10.6. The Balaban J connectivity index is 2.75. The summed E-state index contributed by atoms with van der Waals surface area (Å²) in [6, 6.07) is 5.08. The van der Waals surface area contributed by atoms with Crippen molar-refractivity contribution in [2.45, 2.75) is 6.92 Å². The Morgan fingerprint density at radius 2 is 1.89 bits per heavy atom. The Bertz CT molecular complexity index is 390. The summed E-state index contributed by atoms with van der Waals surface area (Å²) in [4.78, 5) is 20.8. The number of hydrogen-bond donors (Lipinski definition) is 0. The third-order valence-corrected chi connectivity index (χ3v) is 1.99. The van der Waals surface area contributed by atoms with Gasteiger partial charge in [-0.25, -0.2) is 4.79 Å². The molecule has 1 rings (SSSR count). The largest absolute Gasteiger partial charge is 0.467 e. The van der Waals surface area contributed by atoms with E-state index in [0.29, 0.717) is 5.75 Å². The highest BCUT2D eigenvalue weighted by molar-refractivity contribution is 5.92. The number of methoxy groups -OCH3 is 2. The van der Waals surface area contributed by atoms with Gasteiger partial charge in [0.25, 0.3) is 0 Å². The first kappa shape index (κ1) is 14.4. The van der Waals surface area contributed by atoms with Crippen LogP contribution in [0.3, 0.4) is 0 Å². The Labute approximate surface area is 105 Å². The van der Waals surface area contributed by atoms with Crippen LogP contribution in [-0.4, -0.2) is 33.8 Å². The molecule has 0 bridgehead atoms. The molecule has 0 saturated carbocycles. The average molecular weight is 256 g/mol. The molecule has 1 aromatic carbocycles. The van der Waals surface area contributed by atoms with Gasteiger partial charge in [0.15, 0.2) is 13.6 Å². The molecule has 0 heterocycles. The van der Waals surface area contributed by atoms with Crippen molar-refractivity contribution in [3.05, 3.63) is 29.3 Å². The number of hydrogen-bond acceptors (Lipinski definition) is 6. The summed E-state index contributed by atoms with van der Waals surface area (Å²) in [6.45, 7) is 1.80. The lowest BCUT2D eigenvalue weighted by atomic mass is 10.1. The van der Waals surface area contributed by atoms with Crippen LogP contribution in [0.5, 0.6) is 5.75 Å². The van der Waals surface area contributed by atoms with Crippen molar-refractivity contribution < 1.29 is 28.8 Å². The minimum Gasteiger partial charge on any atom is -0.467 e. The Kier molecular flexibility index (Phi) is 6.13. The predicted molar refractivity (Wildman–Crippen MR) is 62.1 cm³/mol. The van der Waals surface area contributed by atoms with Gasteiger partial charge in [-0.1, -0.05) is 6.07 Å². The van der Waals surface area contributed by atoms with Gasteiger partial charge in [0, 0.05) is 14.2 Å². The first-order valence-corrected chi connectivity index (χ1v) is 5.24. The highest BCUT2D eigenvalue weighted by atomic mass is 17.2. The lowest BCUT2D eigenvalue weighted by Gasteiger charge is -2.10. The quantitative estimate of drug-likeness (QED) is 0.320. The Hall–Kier alpha value is -1.63. The summed E-state index contributed by atoms with van der Waals surface area (Å²) >= 11 is 0. The van der Waals surface area contributed by atoms with E-state index in [1.807, 2.05) is 6.92 Å². The maximum Gasteiger partial charge on any atom is 0.376 e. The summed E-state index contributed by atoms with van der Waals surface area (Å²) in [7, 11) is 2.92. The molecule has 0 aromatic heterocycles. The van der Waals surface area contributed by atoms with E-state index < -0.39 is 5.97 Å². The van der Waals surface area contributed by atoms with Crippen molar-refractivity contribution in [3.63, 3.8) is 0 Å². The molecule has 0 radical (unpaired) electrons. The zero-order valence-electron chi connectivity index (χ0n) is 10.6. The predicted octanol–water partition coefficient (Wildman–Crippen LogP) is 1.67. The molecule has 0 unspecified atom stereocenters. The second-order valence-electron chi connectivity index (χ2n) is 3.45. The molecule has 0 aliphatic carbocycles. The number of rotatable bonds is 7. The van der Waals surface area contributed by atoms with Gasteiger partial charge >= 0.3 is 5.97 Å². The van der Waals surface area contributed by atoms with E-state index in [0.717, 1.165) is 5.56 Å². The zero-order chi connectivity index (χ0) is 13.4. The first-order chi connectivity index (χ1) is 8.69. The van der Waals surface area contributed by atoms with E-state index in [1.54, 1.807) is 18.2 Å². The molecular weight excluding hydrogens is 240 g/mol. The smallest absolute Gasteiger partial charge is 0.376 e. The summed E-state index contributed by atoms with van der Waals surface area (Å²) in [5.41, 5.74) is 1.21. The van der Waals surface area contributed by atoms with Gasteiger partial charge in [-0.05, 0) is 24.6 Å². The fourth-order valence-corrected chi connectivity index (χ4v) is 1.21. The molecule has 6 heteroatoms. The van der Waals surface area contributed by atoms with E-state index in [9.17, 15) is 4.79 Å². The van der Waals surface area contributed by atoms with Crippen molar-refractivity contribution in [2.24, 2.45) is 0 Å². The van der Waals surface area contributed by atoms with Gasteiger partial charge in [-0.2, -0.15) is 4.89 Å². The molecule has 0 aliphatic rings. The average Bonchev–Trinajstić information content (AvgIpc) is 2.36. The van der Waals surface area contributed by atoms with Crippen LogP contribution >= 0.6 is 0 Å². The van der Waals surface area contributed by atoms with Crippen LogP contribution in [0.4, 0.5) is 0 Å². The fourth-order valence-electron chi connectivity index (χ4n) is 1.21. The van der Waals surface area contributed by atoms with E-state index in [-0.39, 0.29) is 19.1 Å². The van der Waals surface area contributed by atoms with E-state index in [4.69, 9.17) is 9.47 Å². The monoisotopic (exact) mass is 256 g/mol. The van der Waals surface area contributed by atoms with Crippen LogP contribution in [-0.2, 0) is 19.2 Å². The Morgan fingerprint density at radius 1 is 1.17 bits per heavy atom. The minimum absolute atomic E-state index is 0.0443. The summed E-state index contributed by atoms with van der Waals surface area (Å²) in [6.07, 6.45) is 0. The number of aryl methyl sites for hydroxylation is 1. The second-order valence-corrected chi connectivity index (χ2v) is 3.45. The van der Waals surface area contributed by atoms with Crippen LogP contribution in [0.1, 0.15) is 15.9 Å². The highest BCUT2D eigenvalue weighted by Crippen LogP contribution is 2.21. The molecule has 0 atom stereocenters. The van der Waals surface area contributed by atoms with Gasteiger partial charge in [-0.3, -0.25) is 4.89 Å². The van der Waals surface area contributed by atoms with Crippen molar-refractivity contribution >= 4 is 5.97 Å². The van der Waals surface area contributed by atoms with Crippen LogP contribution in [0.2, 0.25) is 0 Å². The summed E-state index contributed by atoms with van der Waals surface area (Å²) in [5, 5.41) is 0. The SMILES string of the molecule is COCOOC(=O)c1ccc(C)cc1OCOC. The van der Waals surface area contributed by atoms with E-state index >= 15 is 0 Å². The fraction of sp³-hybridized carbons (Fsp3) is 0.417. The molecule has 0 N–H and O–H groups in total. The van der Waals surface area contributed by atoms with Gasteiger partial charge in [0.1, 0.15) is 11.3 Å². The second kappa shape index (κ2) is 7.65. The molecule has 0 saturated heterocycles. The molecule has 1 aromatic rings. The standard InChI is InChI=1S/C12H16O6/c1-9-4-5-10(11(6-9)16-7-14-2)12(13)18-17-8-15-3/h4-6H,7-8H2,1-3H3. The Morgan fingerprint density at radius 3 is 2.56 bits per heavy atom. The lowest BCUT2D eigenvalue weighted by Crippen LogP contribution is -2.11. The van der Waals surface area contributed by atoms with Crippen molar-refractivity contribution in [3.8, 4) is 5.75 Å². The molecule has 6 nitrogen and oxygen atoms in total. The molecule has 0 spiro atoms. The van der Waals surface area contributed by atoms with Crippen molar-refractivity contribution in [1.82, 2.24) is 0 Å². The topological polar surface area (TPSA) is 63.2 Å². The molecule has 0 aliphatic heterocycles. The molecule has 18 heavy (non-hydrogen) atoms. The number of benzene rings is 1. The van der Waals surface area contributed by atoms with Crippen LogP contribution in [0.25, 0.3) is 0 Å². The molecule has 0 fully saturated rings. The maximum atomic E-state index is 11.7. The van der Waals surface area contributed by atoms with Crippen molar-refractivity contribution in [2.75, 3.05) is 27.8 Å². The van der Waals surface area contributed by atoms with Gasteiger partial charge in [0.05, 0.1) is 0 Å². The minimum atomic E-state index is -0.654. The summed E-state index contributed by atoms with van der Waals surface area (Å²) in [5.74, 6) is -0.277. The lowest BCUT2D eigenvalue weighted by molar-refractivity contribution is -0.286. The molecule has 100 valence electrons. The number of ether oxygens (including phenoxy) is 3. The van der Waals surface area contributed by atoms with Crippen LogP contribution in [0, 0.1) is 6.92 Å². The van der Waals surface area contributed by atoms with E-state index in [2.05, 4.69) is 14.5 Å². The first-order valence-electron chi connectivity index (χ1n) is 5.24. The number of carbonyl (C=O) groups is 1. The van der Waals surface area contributed by atoms with Gasteiger partial charge in [-0.15, -0.1) is 0 Å². The van der Waals surface area contributed by atoms with E-state index in [1.165, 1.54) is 14.2 Å². The molecule has 0 amide bonds. The van der Waals surface area contributed by atoms with Gasteiger partial charge in [0.2, 0.25) is 0 Å². The third-order valence-electron chi connectivity index (χ3n) is 1.99.